The van der Waals surface area contributed by atoms with Crippen molar-refractivity contribution in [1.29, 1.82) is 0 Å². The molecule has 0 aliphatic heterocycles. The van der Waals surface area contributed by atoms with Crippen LogP contribution < -0.4 is 5.32 Å². The fourth-order valence-corrected chi connectivity index (χ4v) is 0.534. The minimum Gasteiger partial charge on any atom is -0.469 e. The van der Waals surface area contributed by atoms with Crippen LogP contribution in [0.1, 0.15) is 6.42 Å². The number of hydrogen-bond acceptors (Lipinski definition) is 3. The standard InChI is InChI=1S/C7H10N2O3/c1-8-5-6(10)9-4-3-7(11)12-2/h3-5H2,2H3,(H,9,10). The zero-order valence-electron chi connectivity index (χ0n) is 6.79. The molecule has 0 aliphatic rings. The fourth-order valence-electron chi connectivity index (χ4n) is 0.534. The Morgan fingerprint density at radius 3 is 2.75 bits per heavy atom. The van der Waals surface area contributed by atoms with Gasteiger partial charge in [-0.1, -0.05) is 0 Å². The molecule has 0 aromatic heterocycles. The first-order valence-electron chi connectivity index (χ1n) is 3.37. The summed E-state index contributed by atoms with van der Waals surface area (Å²) in [5, 5.41) is 2.40. The van der Waals surface area contributed by atoms with E-state index in [1.54, 1.807) is 0 Å². The van der Waals surface area contributed by atoms with Crippen LogP contribution in [0.4, 0.5) is 0 Å². The fraction of sp³-hybridized carbons (Fsp3) is 0.571. The topological polar surface area (TPSA) is 59.8 Å². The molecular formula is C7H10N2O3. The second kappa shape index (κ2) is 6.16. The van der Waals surface area contributed by atoms with Gasteiger partial charge in [-0.15, -0.1) is 0 Å². The molecule has 0 aliphatic carbocycles. The summed E-state index contributed by atoms with van der Waals surface area (Å²) in [5.41, 5.74) is 0. The molecule has 0 aromatic rings. The highest BCUT2D eigenvalue weighted by atomic mass is 16.5. The Hall–Kier alpha value is -1.57. The van der Waals surface area contributed by atoms with Crippen LogP contribution in [0.15, 0.2) is 0 Å². The largest absolute Gasteiger partial charge is 0.469 e. The molecule has 0 saturated heterocycles. The normalized spacial score (nSPS) is 8.33. The summed E-state index contributed by atoms with van der Waals surface area (Å²) in [4.78, 5) is 24.0. The highest BCUT2D eigenvalue weighted by Gasteiger charge is 2.04. The number of hydrogen-bond donors (Lipinski definition) is 1. The number of amides is 1. The van der Waals surface area contributed by atoms with Crippen LogP contribution in [-0.2, 0) is 14.3 Å². The number of carbonyl (C=O) groups is 2. The van der Waals surface area contributed by atoms with Crippen molar-refractivity contribution in [3.63, 3.8) is 0 Å². The predicted molar refractivity (Wildman–Crippen MR) is 41.1 cm³/mol. The number of nitrogens with zero attached hydrogens (tertiary/aromatic N) is 1. The lowest BCUT2D eigenvalue weighted by Crippen LogP contribution is -2.27. The van der Waals surface area contributed by atoms with Crippen molar-refractivity contribution in [2.75, 3.05) is 20.2 Å². The molecule has 12 heavy (non-hydrogen) atoms. The summed E-state index contributed by atoms with van der Waals surface area (Å²) in [6.07, 6.45) is 0.139. The molecule has 1 amide bonds. The lowest BCUT2D eigenvalue weighted by molar-refractivity contribution is -0.140. The number of ether oxygens (including phenoxy) is 1. The van der Waals surface area contributed by atoms with Gasteiger partial charge in [-0.05, 0) is 0 Å². The third-order valence-electron chi connectivity index (χ3n) is 1.10. The Morgan fingerprint density at radius 2 is 2.25 bits per heavy atom. The zero-order chi connectivity index (χ0) is 9.40. The Kier molecular flexibility index (Phi) is 5.35. The second-order valence-corrected chi connectivity index (χ2v) is 1.99. The summed E-state index contributed by atoms with van der Waals surface area (Å²) >= 11 is 0. The molecule has 5 nitrogen and oxygen atoms in total. The molecule has 0 atom stereocenters. The quantitative estimate of drug-likeness (QED) is 0.460. The zero-order valence-corrected chi connectivity index (χ0v) is 6.79. The molecule has 0 saturated carbocycles. The molecule has 0 rings (SSSR count). The first-order valence-corrected chi connectivity index (χ1v) is 3.37. The molecule has 1 N–H and O–H groups in total. The van der Waals surface area contributed by atoms with E-state index in [-0.39, 0.29) is 31.4 Å². The molecule has 0 bridgehead atoms. The molecule has 5 heteroatoms. The Morgan fingerprint density at radius 1 is 1.58 bits per heavy atom. The van der Waals surface area contributed by atoms with Crippen molar-refractivity contribution in [3.8, 4) is 0 Å². The van der Waals surface area contributed by atoms with Gasteiger partial charge >= 0.3 is 5.97 Å². The van der Waals surface area contributed by atoms with Crippen LogP contribution in [0.25, 0.3) is 4.85 Å². The summed E-state index contributed by atoms with van der Waals surface area (Å²) in [7, 11) is 1.28. The Labute approximate surface area is 70.5 Å². The smallest absolute Gasteiger partial charge is 0.307 e. The lowest BCUT2D eigenvalue weighted by atomic mass is 10.4. The second-order valence-electron chi connectivity index (χ2n) is 1.99. The van der Waals surface area contributed by atoms with Crippen molar-refractivity contribution in [1.82, 2.24) is 5.32 Å². The van der Waals surface area contributed by atoms with E-state index in [1.807, 2.05) is 0 Å². The van der Waals surface area contributed by atoms with Gasteiger partial charge < -0.3 is 14.9 Å². The van der Waals surface area contributed by atoms with E-state index in [9.17, 15) is 9.59 Å². The maximum Gasteiger partial charge on any atom is 0.307 e. The third-order valence-corrected chi connectivity index (χ3v) is 1.10. The molecule has 66 valence electrons. The average Bonchev–Trinajstić information content (AvgIpc) is 2.04. The van der Waals surface area contributed by atoms with Gasteiger partial charge in [0.1, 0.15) is 0 Å². The SMILES string of the molecule is [C-]#[N+]CC(=O)NCCC(=O)OC. The molecule has 0 spiro atoms. The van der Waals surface area contributed by atoms with E-state index in [2.05, 4.69) is 14.9 Å². The molecule has 0 fully saturated rings. The van der Waals surface area contributed by atoms with Gasteiger partial charge in [0.25, 0.3) is 12.5 Å². The van der Waals surface area contributed by atoms with Gasteiger partial charge in [0.15, 0.2) is 0 Å². The highest BCUT2D eigenvalue weighted by molar-refractivity contribution is 5.80. The van der Waals surface area contributed by atoms with Crippen LogP contribution in [0.3, 0.4) is 0 Å². The predicted octanol–water partition coefficient (Wildman–Crippen LogP) is -0.415. The van der Waals surface area contributed by atoms with Crippen LogP contribution in [0, 0.1) is 6.57 Å². The van der Waals surface area contributed by atoms with Crippen molar-refractivity contribution < 1.29 is 14.3 Å². The van der Waals surface area contributed by atoms with E-state index >= 15 is 0 Å². The van der Waals surface area contributed by atoms with E-state index in [1.165, 1.54) is 7.11 Å². The minimum absolute atomic E-state index is 0.139. The van der Waals surface area contributed by atoms with Crippen molar-refractivity contribution >= 4 is 11.9 Å². The Bertz CT molecular complexity index is 207. The van der Waals surface area contributed by atoms with Crippen molar-refractivity contribution in [3.05, 3.63) is 11.4 Å². The first kappa shape index (κ1) is 10.4. The maximum atomic E-state index is 10.6. The summed E-state index contributed by atoms with van der Waals surface area (Å²) in [6.45, 7) is 6.39. The highest BCUT2D eigenvalue weighted by Crippen LogP contribution is 1.81. The number of methoxy groups -OCH3 is 1. The van der Waals surface area contributed by atoms with E-state index in [0.29, 0.717) is 0 Å². The van der Waals surface area contributed by atoms with Gasteiger partial charge in [-0.25, -0.2) is 6.57 Å². The van der Waals surface area contributed by atoms with Crippen LogP contribution >= 0.6 is 0 Å². The molecule has 0 aromatic carbocycles. The molecule has 0 heterocycles. The lowest BCUT2D eigenvalue weighted by Gasteiger charge is -1.99. The third kappa shape index (κ3) is 5.23. The van der Waals surface area contributed by atoms with Gasteiger partial charge in [0, 0.05) is 6.54 Å². The van der Waals surface area contributed by atoms with Crippen molar-refractivity contribution in [2.24, 2.45) is 0 Å². The van der Waals surface area contributed by atoms with E-state index in [4.69, 9.17) is 6.57 Å². The van der Waals surface area contributed by atoms with Gasteiger partial charge in [-0.2, -0.15) is 0 Å². The summed E-state index contributed by atoms with van der Waals surface area (Å²) in [6, 6.07) is 0. The molecular weight excluding hydrogens is 160 g/mol. The van der Waals surface area contributed by atoms with Crippen LogP contribution in [0.2, 0.25) is 0 Å². The van der Waals surface area contributed by atoms with Gasteiger partial charge in [0.2, 0.25) is 0 Å². The van der Waals surface area contributed by atoms with E-state index in [0.717, 1.165) is 0 Å². The number of esters is 1. The monoisotopic (exact) mass is 170 g/mol. The molecule has 0 radical (unpaired) electrons. The Balaban J connectivity index is 3.38. The molecule has 0 unspecified atom stereocenters. The van der Waals surface area contributed by atoms with Gasteiger partial charge in [0.05, 0.1) is 13.5 Å². The number of rotatable bonds is 4. The van der Waals surface area contributed by atoms with Crippen molar-refractivity contribution in [2.45, 2.75) is 6.42 Å². The first-order chi connectivity index (χ1) is 5.70. The van der Waals surface area contributed by atoms with Crippen LogP contribution in [0.5, 0.6) is 0 Å². The van der Waals surface area contributed by atoms with Gasteiger partial charge in [-0.3, -0.25) is 9.59 Å². The minimum atomic E-state index is -0.377. The van der Waals surface area contributed by atoms with E-state index < -0.39 is 0 Å². The number of carbonyl (C=O) groups excluding carboxylic acids is 2. The number of nitrogens with one attached hydrogen (secondary N) is 1. The summed E-state index contributed by atoms with van der Waals surface area (Å²) < 4.78 is 4.34. The maximum absolute atomic E-state index is 10.6. The summed E-state index contributed by atoms with van der Waals surface area (Å²) in [5.74, 6) is -0.744. The van der Waals surface area contributed by atoms with Crippen LogP contribution in [-0.4, -0.2) is 32.1 Å². The average molecular weight is 170 g/mol.